The van der Waals surface area contributed by atoms with Gasteiger partial charge in [0, 0.05) is 13.5 Å². The molecule has 0 aliphatic heterocycles. The number of ether oxygens (including phenoxy) is 1. The third-order valence-electron chi connectivity index (χ3n) is 5.09. The van der Waals surface area contributed by atoms with E-state index in [1.54, 1.807) is 25.1 Å². The highest BCUT2D eigenvalue weighted by Gasteiger charge is 2.31. The van der Waals surface area contributed by atoms with Crippen LogP contribution in [0, 0.1) is 12.7 Å². The summed E-state index contributed by atoms with van der Waals surface area (Å²) in [5.74, 6) is -2.01. The summed E-state index contributed by atoms with van der Waals surface area (Å²) >= 11 is 0. The summed E-state index contributed by atoms with van der Waals surface area (Å²) in [7, 11) is 2.78. The summed E-state index contributed by atoms with van der Waals surface area (Å²) in [5, 5.41) is 0. The Bertz CT molecular complexity index is 1250. The van der Waals surface area contributed by atoms with Gasteiger partial charge in [-0.3, -0.25) is 9.36 Å². The molecule has 0 saturated carbocycles. The van der Waals surface area contributed by atoms with E-state index in [0.717, 1.165) is 12.1 Å². The number of benzene rings is 2. The number of allylic oxidation sites excluding steroid dienone is 1. The summed E-state index contributed by atoms with van der Waals surface area (Å²) in [5.41, 5.74) is 1.17. The number of carbonyl (C=O) groups excluding carboxylic acids is 1. The number of hydrogen-bond acceptors (Lipinski definition) is 4. The van der Waals surface area contributed by atoms with Crippen LogP contribution in [0.4, 0.5) is 17.6 Å². The van der Waals surface area contributed by atoms with Crippen molar-refractivity contribution in [3.8, 4) is 0 Å². The molecule has 0 N–H and O–H groups in total. The van der Waals surface area contributed by atoms with E-state index in [-0.39, 0.29) is 12.0 Å². The molecule has 0 radical (unpaired) electrons. The minimum Gasteiger partial charge on any atom is -0.469 e. The van der Waals surface area contributed by atoms with Crippen molar-refractivity contribution in [1.82, 2.24) is 4.57 Å². The predicted octanol–water partition coefficient (Wildman–Crippen LogP) is 5.37. The Morgan fingerprint density at radius 1 is 1.16 bits per heavy atom. The molecule has 9 heteroatoms. The highest BCUT2D eigenvalue weighted by molar-refractivity contribution is 5.87. The molecule has 3 rings (SSSR count). The van der Waals surface area contributed by atoms with Crippen LogP contribution in [0.15, 0.2) is 45.6 Å². The van der Waals surface area contributed by atoms with E-state index in [0.29, 0.717) is 46.7 Å². The standard InChI is InChI=1S/C23H21F4NO4/c1-13-8-14(11-19-21(13)32-22(30)28(19)2)18(6-4-5-7-20(29)31-3)15-9-16(23(25,26)27)12-17(24)10-15/h6,8-12H,4-5,7H2,1-3H3/b18-6-. The van der Waals surface area contributed by atoms with Crippen molar-refractivity contribution in [1.29, 1.82) is 0 Å². The largest absolute Gasteiger partial charge is 0.469 e. The fourth-order valence-electron chi connectivity index (χ4n) is 3.45. The molecule has 0 saturated heterocycles. The maximum absolute atomic E-state index is 14.1. The van der Waals surface area contributed by atoms with Crippen molar-refractivity contribution in [2.45, 2.75) is 32.4 Å². The Morgan fingerprint density at radius 2 is 1.84 bits per heavy atom. The minimum atomic E-state index is -4.72. The number of hydrogen-bond donors (Lipinski definition) is 0. The zero-order chi connectivity index (χ0) is 23.6. The van der Waals surface area contributed by atoms with Crippen molar-refractivity contribution in [2.24, 2.45) is 7.05 Å². The molecule has 0 amide bonds. The van der Waals surface area contributed by atoms with E-state index in [1.165, 1.54) is 18.7 Å². The highest BCUT2D eigenvalue weighted by atomic mass is 19.4. The van der Waals surface area contributed by atoms with E-state index in [2.05, 4.69) is 4.74 Å². The molecule has 3 aromatic rings. The number of alkyl halides is 3. The molecule has 0 spiro atoms. The van der Waals surface area contributed by atoms with Crippen molar-refractivity contribution in [3.05, 3.63) is 75.0 Å². The van der Waals surface area contributed by atoms with Gasteiger partial charge >= 0.3 is 17.9 Å². The number of halogens is 4. The first-order valence-electron chi connectivity index (χ1n) is 9.77. The number of aryl methyl sites for hydroxylation is 2. The molecule has 1 heterocycles. The number of carbonyl (C=O) groups is 1. The van der Waals surface area contributed by atoms with Gasteiger partial charge in [-0.05, 0) is 72.4 Å². The third-order valence-corrected chi connectivity index (χ3v) is 5.09. The average Bonchev–Trinajstić information content (AvgIpc) is 3.01. The lowest BCUT2D eigenvalue weighted by atomic mass is 9.93. The lowest BCUT2D eigenvalue weighted by molar-refractivity contribution is -0.140. The maximum atomic E-state index is 14.1. The Hall–Kier alpha value is -3.36. The summed E-state index contributed by atoms with van der Waals surface area (Å²) in [6.45, 7) is 1.70. The molecule has 2 aromatic carbocycles. The number of methoxy groups -OCH3 is 1. The molecule has 0 unspecified atom stereocenters. The van der Waals surface area contributed by atoms with Crippen LogP contribution in [0.2, 0.25) is 0 Å². The number of unbranched alkanes of at least 4 members (excludes halogenated alkanes) is 1. The van der Waals surface area contributed by atoms with Crippen LogP contribution in [0.1, 0.15) is 41.5 Å². The van der Waals surface area contributed by atoms with E-state index in [9.17, 15) is 27.2 Å². The van der Waals surface area contributed by atoms with Crippen LogP contribution in [0.5, 0.6) is 0 Å². The van der Waals surface area contributed by atoms with Crippen molar-refractivity contribution in [3.63, 3.8) is 0 Å². The number of esters is 1. The van der Waals surface area contributed by atoms with Gasteiger partial charge in [0.2, 0.25) is 0 Å². The second kappa shape index (κ2) is 9.02. The van der Waals surface area contributed by atoms with Crippen LogP contribution in [-0.4, -0.2) is 17.6 Å². The number of rotatable bonds is 6. The first-order chi connectivity index (χ1) is 15.0. The zero-order valence-corrected chi connectivity index (χ0v) is 17.7. The monoisotopic (exact) mass is 451 g/mol. The van der Waals surface area contributed by atoms with Gasteiger partial charge in [-0.1, -0.05) is 6.08 Å². The van der Waals surface area contributed by atoms with Gasteiger partial charge < -0.3 is 9.15 Å². The predicted molar refractivity (Wildman–Crippen MR) is 111 cm³/mol. The van der Waals surface area contributed by atoms with Gasteiger partial charge in [0.1, 0.15) is 5.82 Å². The molecule has 32 heavy (non-hydrogen) atoms. The first kappa shape index (κ1) is 23.3. The van der Waals surface area contributed by atoms with Crippen LogP contribution in [-0.2, 0) is 22.8 Å². The average molecular weight is 451 g/mol. The summed E-state index contributed by atoms with van der Waals surface area (Å²) in [6, 6.07) is 5.61. The number of aromatic nitrogens is 1. The second-order valence-corrected chi connectivity index (χ2v) is 7.38. The topological polar surface area (TPSA) is 61.4 Å². The minimum absolute atomic E-state index is 0.0302. The highest BCUT2D eigenvalue weighted by Crippen LogP contribution is 2.35. The van der Waals surface area contributed by atoms with Crippen LogP contribution in [0.3, 0.4) is 0 Å². The number of fused-ring (bicyclic) bond motifs is 1. The van der Waals surface area contributed by atoms with Crippen molar-refractivity contribution >= 4 is 22.6 Å². The molecule has 0 aliphatic rings. The fraction of sp³-hybridized carbons (Fsp3) is 0.304. The first-order valence-corrected chi connectivity index (χ1v) is 9.77. The van der Waals surface area contributed by atoms with E-state index in [1.807, 2.05) is 0 Å². The molecular formula is C23H21F4NO4. The van der Waals surface area contributed by atoms with Gasteiger partial charge in [0.25, 0.3) is 0 Å². The SMILES string of the molecule is COC(=O)CCC/C=C(\c1cc(F)cc(C(F)(F)F)c1)c1cc(C)c2oc(=O)n(C)c2c1. The summed E-state index contributed by atoms with van der Waals surface area (Å²) < 4.78 is 65.1. The Kier molecular flexibility index (Phi) is 6.57. The quantitative estimate of drug-likeness (QED) is 0.287. The van der Waals surface area contributed by atoms with Crippen LogP contribution >= 0.6 is 0 Å². The smallest absolute Gasteiger partial charge is 0.419 e. The van der Waals surface area contributed by atoms with Gasteiger partial charge in [0.05, 0.1) is 18.2 Å². The lowest BCUT2D eigenvalue weighted by Gasteiger charge is -2.14. The Balaban J connectivity index is 2.15. The van der Waals surface area contributed by atoms with Gasteiger partial charge in [0.15, 0.2) is 5.58 Å². The summed E-state index contributed by atoms with van der Waals surface area (Å²) in [6.07, 6.45) is -2.21. The van der Waals surface area contributed by atoms with Crippen LogP contribution < -0.4 is 5.76 Å². The third kappa shape index (κ3) is 4.92. The number of oxazole rings is 1. The lowest BCUT2D eigenvalue weighted by Crippen LogP contribution is -2.08. The molecular weight excluding hydrogens is 430 g/mol. The molecule has 0 aliphatic carbocycles. The molecule has 0 fully saturated rings. The molecule has 1 aromatic heterocycles. The molecule has 170 valence electrons. The zero-order valence-electron chi connectivity index (χ0n) is 17.7. The van der Waals surface area contributed by atoms with Gasteiger partial charge in [-0.15, -0.1) is 0 Å². The summed E-state index contributed by atoms with van der Waals surface area (Å²) in [4.78, 5) is 23.3. The van der Waals surface area contributed by atoms with Crippen LogP contribution in [0.25, 0.3) is 16.7 Å². The van der Waals surface area contributed by atoms with E-state index >= 15 is 0 Å². The molecule has 0 bridgehead atoms. The molecule has 5 nitrogen and oxygen atoms in total. The molecule has 0 atom stereocenters. The van der Waals surface area contributed by atoms with Gasteiger partial charge in [-0.25, -0.2) is 9.18 Å². The van der Waals surface area contributed by atoms with Gasteiger partial charge in [-0.2, -0.15) is 13.2 Å². The second-order valence-electron chi connectivity index (χ2n) is 7.38. The van der Waals surface area contributed by atoms with Crippen molar-refractivity contribution in [2.75, 3.05) is 7.11 Å². The maximum Gasteiger partial charge on any atom is 0.419 e. The Morgan fingerprint density at radius 3 is 2.50 bits per heavy atom. The van der Waals surface area contributed by atoms with E-state index < -0.39 is 29.3 Å². The van der Waals surface area contributed by atoms with Crippen molar-refractivity contribution < 1.29 is 31.5 Å². The van der Waals surface area contributed by atoms with E-state index in [4.69, 9.17) is 4.42 Å². The Labute approximate surface area is 180 Å². The number of nitrogens with zero attached hydrogens (tertiary/aromatic N) is 1. The normalized spacial score (nSPS) is 12.4. The fourth-order valence-corrected chi connectivity index (χ4v) is 3.45.